The van der Waals surface area contributed by atoms with Gasteiger partial charge in [-0.25, -0.2) is 0 Å². The van der Waals surface area contributed by atoms with Crippen LogP contribution in [0.3, 0.4) is 0 Å². The summed E-state index contributed by atoms with van der Waals surface area (Å²) in [7, 11) is 0. The van der Waals surface area contributed by atoms with Gasteiger partial charge in [-0.05, 0) is 68.6 Å². The second-order valence-electron chi connectivity index (χ2n) is 9.60. The molecule has 2 amide bonds. The number of carbonyl (C=O) groups is 2. The minimum atomic E-state index is -4.95. The highest BCUT2D eigenvalue weighted by Crippen LogP contribution is 2.53. The lowest BCUT2D eigenvalue weighted by molar-refractivity contribution is -0.142. The summed E-state index contributed by atoms with van der Waals surface area (Å²) in [6.07, 6.45) is -3.82. The molecule has 10 heteroatoms. The summed E-state index contributed by atoms with van der Waals surface area (Å²) < 4.78 is 43.0. The van der Waals surface area contributed by atoms with E-state index in [-0.39, 0.29) is 22.7 Å². The molecule has 3 N–H and O–H groups in total. The van der Waals surface area contributed by atoms with Gasteiger partial charge in [0.1, 0.15) is 0 Å². The van der Waals surface area contributed by atoms with Crippen molar-refractivity contribution >= 4 is 29.1 Å². The van der Waals surface area contributed by atoms with Crippen LogP contribution in [0.2, 0.25) is 5.02 Å². The van der Waals surface area contributed by atoms with Crippen LogP contribution in [0.25, 0.3) is 0 Å². The number of hydrogen-bond acceptors (Lipinski definition) is 4. The number of anilines is 1. The fraction of sp³-hybridized carbons (Fsp3) is 0.462. The SMILES string of the molecule is CCN(CC)CC1CC(N2C(=O)C(O)(c3ccc(Cl)cc3C)c3c2cc(C(N)=O)cc3C(F)(F)F)C1. The van der Waals surface area contributed by atoms with E-state index in [0.29, 0.717) is 29.5 Å². The molecular weight excluding hydrogens is 495 g/mol. The maximum Gasteiger partial charge on any atom is 0.416 e. The number of amides is 2. The first-order valence-electron chi connectivity index (χ1n) is 11.9. The summed E-state index contributed by atoms with van der Waals surface area (Å²) in [6.45, 7) is 8.24. The molecule has 2 aromatic carbocycles. The number of benzene rings is 2. The van der Waals surface area contributed by atoms with Gasteiger partial charge >= 0.3 is 6.18 Å². The number of nitrogens with two attached hydrogens (primary N) is 1. The first kappa shape index (κ1) is 26.4. The van der Waals surface area contributed by atoms with Gasteiger partial charge in [0.05, 0.1) is 11.3 Å². The molecule has 2 aromatic rings. The van der Waals surface area contributed by atoms with Gasteiger partial charge in [0.25, 0.3) is 5.91 Å². The quantitative estimate of drug-likeness (QED) is 0.560. The van der Waals surface area contributed by atoms with Crippen molar-refractivity contribution in [3.8, 4) is 0 Å². The van der Waals surface area contributed by atoms with Crippen molar-refractivity contribution in [1.82, 2.24) is 4.90 Å². The number of alkyl halides is 3. The highest BCUT2D eigenvalue weighted by Gasteiger charge is 2.58. The molecule has 0 aromatic heterocycles. The molecule has 1 atom stereocenters. The predicted octanol–water partition coefficient (Wildman–Crippen LogP) is 4.47. The van der Waals surface area contributed by atoms with Gasteiger partial charge in [0.15, 0.2) is 5.60 Å². The Balaban J connectivity index is 1.88. The zero-order chi connectivity index (χ0) is 26.6. The average Bonchev–Trinajstić information content (AvgIpc) is 2.99. The molecule has 0 radical (unpaired) electrons. The van der Waals surface area contributed by atoms with Crippen LogP contribution in [-0.2, 0) is 16.6 Å². The topological polar surface area (TPSA) is 86.9 Å². The molecule has 0 spiro atoms. The Labute approximate surface area is 212 Å². The number of primary amides is 1. The summed E-state index contributed by atoms with van der Waals surface area (Å²) in [5.41, 5.74) is 0.776. The van der Waals surface area contributed by atoms with E-state index in [9.17, 15) is 27.9 Å². The molecule has 1 unspecified atom stereocenters. The predicted molar refractivity (Wildman–Crippen MR) is 131 cm³/mol. The zero-order valence-electron chi connectivity index (χ0n) is 20.3. The number of halogens is 4. The normalized spacial score (nSPS) is 23.7. The number of fused-ring (bicyclic) bond motifs is 1. The third-order valence-corrected chi connectivity index (χ3v) is 7.66. The maximum absolute atomic E-state index is 14.3. The number of carbonyl (C=O) groups excluding carboxylic acids is 2. The van der Waals surface area contributed by atoms with Crippen LogP contribution in [0.1, 0.15) is 59.3 Å². The first-order valence-corrected chi connectivity index (χ1v) is 12.3. The molecule has 4 rings (SSSR count). The van der Waals surface area contributed by atoms with E-state index in [4.69, 9.17) is 17.3 Å². The molecule has 1 fully saturated rings. The van der Waals surface area contributed by atoms with Gasteiger partial charge in [0.2, 0.25) is 5.91 Å². The number of aliphatic hydroxyl groups is 1. The summed E-state index contributed by atoms with van der Waals surface area (Å²) in [5, 5.41) is 12.2. The first-order chi connectivity index (χ1) is 16.8. The van der Waals surface area contributed by atoms with E-state index in [1.54, 1.807) is 6.92 Å². The standard InChI is InChI=1S/C26H29ClF3N3O3/c1-4-32(5-2)13-15-9-18(10-15)33-21-12-16(23(31)34)11-20(26(28,29)30)22(21)25(36,24(33)35)19-7-6-17(27)8-14(19)3/h6-8,11-12,15,18,36H,4-5,9-10,13H2,1-3H3,(H2,31,34). The smallest absolute Gasteiger partial charge is 0.372 e. The molecule has 2 aliphatic rings. The molecular formula is C26H29ClF3N3O3. The van der Waals surface area contributed by atoms with Gasteiger partial charge in [-0.2, -0.15) is 13.2 Å². The van der Waals surface area contributed by atoms with Crippen LogP contribution >= 0.6 is 11.6 Å². The average molecular weight is 524 g/mol. The largest absolute Gasteiger partial charge is 0.416 e. The lowest BCUT2D eigenvalue weighted by Crippen LogP contribution is -2.52. The van der Waals surface area contributed by atoms with Gasteiger partial charge in [-0.15, -0.1) is 0 Å². The third-order valence-electron chi connectivity index (χ3n) is 7.42. The van der Waals surface area contributed by atoms with Crippen LogP contribution in [0.4, 0.5) is 18.9 Å². The monoisotopic (exact) mass is 523 g/mol. The Bertz CT molecular complexity index is 1210. The van der Waals surface area contributed by atoms with Gasteiger partial charge in [-0.1, -0.05) is 31.5 Å². The van der Waals surface area contributed by atoms with E-state index in [0.717, 1.165) is 19.6 Å². The lowest BCUT2D eigenvalue weighted by atomic mass is 9.78. The Morgan fingerprint density at radius 1 is 1.22 bits per heavy atom. The van der Waals surface area contributed by atoms with E-state index < -0.39 is 40.8 Å². The molecule has 6 nitrogen and oxygen atoms in total. The van der Waals surface area contributed by atoms with Crippen molar-refractivity contribution in [3.05, 3.63) is 63.2 Å². The molecule has 1 aliphatic heterocycles. The fourth-order valence-corrected chi connectivity index (χ4v) is 5.73. The van der Waals surface area contributed by atoms with Gasteiger partial charge in [-0.3, -0.25) is 9.59 Å². The lowest BCUT2D eigenvalue weighted by Gasteiger charge is -2.43. The van der Waals surface area contributed by atoms with Crippen LogP contribution < -0.4 is 10.6 Å². The Kier molecular flexibility index (Phi) is 6.87. The second-order valence-corrected chi connectivity index (χ2v) is 10.0. The number of rotatable bonds is 7. The minimum absolute atomic E-state index is 0.0111. The van der Waals surface area contributed by atoms with Crippen molar-refractivity contribution in [3.63, 3.8) is 0 Å². The molecule has 36 heavy (non-hydrogen) atoms. The number of aryl methyl sites for hydroxylation is 1. The number of hydrogen-bond donors (Lipinski definition) is 2. The van der Waals surface area contributed by atoms with Crippen molar-refractivity contribution < 1.29 is 27.9 Å². The fourth-order valence-electron chi connectivity index (χ4n) is 5.51. The zero-order valence-corrected chi connectivity index (χ0v) is 21.1. The second kappa shape index (κ2) is 9.36. The molecule has 1 aliphatic carbocycles. The van der Waals surface area contributed by atoms with Crippen LogP contribution in [0.5, 0.6) is 0 Å². The van der Waals surface area contributed by atoms with Gasteiger partial charge < -0.3 is 20.6 Å². The maximum atomic E-state index is 14.3. The molecule has 0 bridgehead atoms. The summed E-state index contributed by atoms with van der Waals surface area (Å²) in [4.78, 5) is 29.4. The van der Waals surface area contributed by atoms with Crippen molar-refractivity contribution in [2.45, 2.75) is 51.4 Å². The van der Waals surface area contributed by atoms with E-state index in [1.165, 1.54) is 29.2 Å². The van der Waals surface area contributed by atoms with E-state index in [1.807, 2.05) is 0 Å². The third kappa shape index (κ3) is 4.27. The molecule has 1 saturated carbocycles. The highest BCUT2D eigenvalue weighted by molar-refractivity contribution is 6.30. The van der Waals surface area contributed by atoms with Gasteiger partial charge in [0, 0.05) is 34.3 Å². The molecule has 1 heterocycles. The van der Waals surface area contributed by atoms with Crippen LogP contribution in [0, 0.1) is 12.8 Å². The Hall–Kier alpha value is -2.62. The summed E-state index contributed by atoms with van der Waals surface area (Å²) >= 11 is 6.04. The Morgan fingerprint density at radius 3 is 2.39 bits per heavy atom. The number of nitrogens with zero attached hydrogens (tertiary/aromatic N) is 2. The summed E-state index contributed by atoms with van der Waals surface area (Å²) in [5.74, 6) is -1.67. The highest BCUT2D eigenvalue weighted by atomic mass is 35.5. The minimum Gasteiger partial charge on any atom is -0.372 e. The van der Waals surface area contributed by atoms with E-state index >= 15 is 0 Å². The summed E-state index contributed by atoms with van der Waals surface area (Å²) in [6, 6.07) is 5.66. The Morgan fingerprint density at radius 2 is 1.86 bits per heavy atom. The molecule has 194 valence electrons. The van der Waals surface area contributed by atoms with Crippen molar-refractivity contribution in [2.24, 2.45) is 11.7 Å². The van der Waals surface area contributed by atoms with Crippen molar-refractivity contribution in [2.75, 3.05) is 24.5 Å². The van der Waals surface area contributed by atoms with Crippen molar-refractivity contribution in [1.29, 1.82) is 0 Å². The van der Waals surface area contributed by atoms with Crippen LogP contribution in [-0.4, -0.2) is 47.5 Å². The van der Waals surface area contributed by atoms with Crippen LogP contribution in [0.15, 0.2) is 30.3 Å². The van der Waals surface area contributed by atoms with E-state index in [2.05, 4.69) is 18.7 Å². The molecule has 0 saturated heterocycles.